The minimum absolute atomic E-state index is 0.0801. The van der Waals surface area contributed by atoms with Gasteiger partial charge in [0.1, 0.15) is 6.54 Å². The van der Waals surface area contributed by atoms with Gasteiger partial charge in [-0.3, -0.25) is 4.79 Å². The van der Waals surface area contributed by atoms with Crippen molar-refractivity contribution in [3.8, 4) is 0 Å². The lowest BCUT2D eigenvalue weighted by Gasteiger charge is -2.21. The average Bonchev–Trinajstić information content (AvgIpc) is 3.26. The van der Waals surface area contributed by atoms with E-state index in [-0.39, 0.29) is 12.5 Å². The summed E-state index contributed by atoms with van der Waals surface area (Å²) < 4.78 is 4.92. The number of hydrogen-bond acceptors (Lipinski definition) is 4. The van der Waals surface area contributed by atoms with Crippen LogP contribution in [0.5, 0.6) is 0 Å². The zero-order valence-electron chi connectivity index (χ0n) is 15.9. The molecule has 1 saturated heterocycles. The predicted octanol–water partition coefficient (Wildman–Crippen LogP) is 0.569. The zero-order chi connectivity index (χ0) is 17.9. The summed E-state index contributed by atoms with van der Waals surface area (Å²) in [5, 5.41) is 9.51. The van der Waals surface area contributed by atoms with Crippen molar-refractivity contribution >= 4 is 11.9 Å². The molecular weight excluding hydrogens is 318 g/mol. The smallest absolute Gasteiger partial charge is 0.241 e. The van der Waals surface area contributed by atoms with Gasteiger partial charge < -0.3 is 25.6 Å². The lowest BCUT2D eigenvalue weighted by Crippen LogP contribution is -2.45. The van der Waals surface area contributed by atoms with Crippen LogP contribution in [0.25, 0.3) is 0 Å². The van der Waals surface area contributed by atoms with Crippen molar-refractivity contribution in [2.45, 2.75) is 45.1 Å². The maximum Gasteiger partial charge on any atom is 0.241 e. The fourth-order valence-electron chi connectivity index (χ4n) is 3.69. The van der Waals surface area contributed by atoms with E-state index in [4.69, 9.17) is 4.74 Å². The Hall–Kier alpha value is -1.34. The number of methoxy groups -OCH3 is 1. The van der Waals surface area contributed by atoms with E-state index in [0.717, 1.165) is 37.9 Å². The van der Waals surface area contributed by atoms with Crippen molar-refractivity contribution in [3.05, 3.63) is 0 Å². The second-order valence-electron chi connectivity index (χ2n) is 7.08. The van der Waals surface area contributed by atoms with Gasteiger partial charge in [-0.1, -0.05) is 12.8 Å². The van der Waals surface area contributed by atoms with Gasteiger partial charge in [-0.15, -0.1) is 0 Å². The van der Waals surface area contributed by atoms with Crippen LogP contribution in [-0.4, -0.2) is 75.8 Å². The second kappa shape index (κ2) is 11.3. The monoisotopic (exact) mass is 353 g/mol. The molecule has 144 valence electrons. The van der Waals surface area contributed by atoms with Crippen LogP contribution < -0.4 is 16.0 Å². The van der Waals surface area contributed by atoms with Crippen molar-refractivity contribution in [3.63, 3.8) is 0 Å². The molecule has 25 heavy (non-hydrogen) atoms. The summed E-state index contributed by atoms with van der Waals surface area (Å²) in [4.78, 5) is 18.8. The van der Waals surface area contributed by atoms with Gasteiger partial charge in [0, 0.05) is 45.9 Å². The Bertz CT molecular complexity index is 424. The van der Waals surface area contributed by atoms with Crippen LogP contribution in [0.2, 0.25) is 0 Å². The first-order valence-electron chi connectivity index (χ1n) is 9.74. The first kappa shape index (κ1) is 20.0. The summed E-state index contributed by atoms with van der Waals surface area (Å²) in [5.41, 5.74) is 0. The highest BCUT2D eigenvalue weighted by Crippen LogP contribution is 2.26. The standard InChI is InChI=1S/C18H35N5O2/c1-3-19-18(21-12-17(24)20-9-11-25-2)22-16-8-10-23(14-16)13-15-6-4-5-7-15/h15-16H,3-14H2,1-2H3,(H,20,24)(H2,19,21,22). The Balaban J connectivity index is 1.72. The first-order chi connectivity index (χ1) is 12.2. The topological polar surface area (TPSA) is 78.0 Å². The molecular formula is C18H35N5O2. The van der Waals surface area contributed by atoms with Crippen molar-refractivity contribution in [2.24, 2.45) is 10.9 Å². The van der Waals surface area contributed by atoms with Crippen LogP contribution in [0, 0.1) is 5.92 Å². The molecule has 2 aliphatic rings. The third kappa shape index (κ3) is 7.61. The summed E-state index contributed by atoms with van der Waals surface area (Å²) in [6, 6.07) is 0.413. The van der Waals surface area contributed by atoms with Crippen LogP contribution >= 0.6 is 0 Å². The van der Waals surface area contributed by atoms with Gasteiger partial charge in [0.25, 0.3) is 0 Å². The molecule has 0 spiro atoms. The number of nitrogens with zero attached hydrogens (tertiary/aromatic N) is 2. The SMILES string of the molecule is CCNC(=NCC(=O)NCCOC)NC1CCN(CC2CCCC2)C1. The highest BCUT2D eigenvalue weighted by molar-refractivity contribution is 5.85. The maximum atomic E-state index is 11.8. The maximum absolute atomic E-state index is 11.8. The average molecular weight is 354 g/mol. The van der Waals surface area contributed by atoms with Crippen LogP contribution in [-0.2, 0) is 9.53 Å². The molecule has 3 N–H and O–H groups in total. The number of aliphatic imine (C=N–C) groups is 1. The van der Waals surface area contributed by atoms with Gasteiger partial charge in [0.2, 0.25) is 5.91 Å². The number of hydrogen-bond donors (Lipinski definition) is 3. The number of nitrogens with one attached hydrogen (secondary N) is 3. The molecule has 1 aliphatic heterocycles. The van der Waals surface area contributed by atoms with Crippen molar-refractivity contribution < 1.29 is 9.53 Å². The molecule has 1 atom stereocenters. The largest absolute Gasteiger partial charge is 0.383 e. The van der Waals surface area contributed by atoms with E-state index in [1.807, 2.05) is 6.92 Å². The number of ether oxygens (including phenoxy) is 1. The Morgan fingerprint density at radius 3 is 2.76 bits per heavy atom. The molecule has 1 saturated carbocycles. The number of rotatable bonds is 9. The van der Waals surface area contributed by atoms with Gasteiger partial charge in [-0.2, -0.15) is 0 Å². The van der Waals surface area contributed by atoms with E-state index in [1.165, 1.54) is 32.2 Å². The van der Waals surface area contributed by atoms with Gasteiger partial charge in [-0.05, 0) is 32.1 Å². The Morgan fingerprint density at radius 1 is 1.24 bits per heavy atom. The molecule has 0 radical (unpaired) electrons. The van der Waals surface area contributed by atoms with Crippen molar-refractivity contribution in [1.29, 1.82) is 0 Å². The van der Waals surface area contributed by atoms with Crippen molar-refractivity contribution in [1.82, 2.24) is 20.9 Å². The van der Waals surface area contributed by atoms with E-state index in [1.54, 1.807) is 7.11 Å². The van der Waals surface area contributed by atoms with Gasteiger partial charge >= 0.3 is 0 Å². The van der Waals surface area contributed by atoms with Crippen LogP contribution in [0.15, 0.2) is 4.99 Å². The van der Waals surface area contributed by atoms with E-state index < -0.39 is 0 Å². The molecule has 2 fully saturated rings. The zero-order valence-corrected chi connectivity index (χ0v) is 15.9. The van der Waals surface area contributed by atoms with E-state index in [0.29, 0.717) is 19.2 Å². The number of likely N-dealkylation sites (tertiary alicyclic amines) is 1. The van der Waals surface area contributed by atoms with Gasteiger partial charge in [0.15, 0.2) is 5.96 Å². The van der Waals surface area contributed by atoms with E-state index in [2.05, 4.69) is 25.8 Å². The Morgan fingerprint density at radius 2 is 2.04 bits per heavy atom. The quantitative estimate of drug-likeness (QED) is 0.321. The number of carbonyl (C=O) groups excluding carboxylic acids is 1. The lowest BCUT2D eigenvalue weighted by molar-refractivity contribution is -0.119. The molecule has 1 aliphatic carbocycles. The van der Waals surface area contributed by atoms with E-state index in [9.17, 15) is 4.79 Å². The summed E-state index contributed by atoms with van der Waals surface area (Å²) in [6.07, 6.45) is 6.75. The van der Waals surface area contributed by atoms with Gasteiger partial charge in [-0.25, -0.2) is 4.99 Å². The fourth-order valence-corrected chi connectivity index (χ4v) is 3.69. The molecule has 0 bridgehead atoms. The molecule has 2 rings (SSSR count). The molecule has 0 aromatic carbocycles. The minimum atomic E-state index is -0.0801. The summed E-state index contributed by atoms with van der Waals surface area (Å²) in [5.74, 6) is 1.55. The fraction of sp³-hybridized carbons (Fsp3) is 0.889. The third-order valence-corrected chi connectivity index (χ3v) is 4.96. The summed E-state index contributed by atoms with van der Waals surface area (Å²) in [6.45, 7) is 7.48. The summed E-state index contributed by atoms with van der Waals surface area (Å²) >= 11 is 0. The predicted molar refractivity (Wildman–Crippen MR) is 101 cm³/mol. The van der Waals surface area contributed by atoms with E-state index >= 15 is 0 Å². The Kier molecular flexibility index (Phi) is 9.04. The molecule has 7 heteroatoms. The molecule has 0 aromatic rings. The second-order valence-corrected chi connectivity index (χ2v) is 7.08. The highest BCUT2D eigenvalue weighted by Gasteiger charge is 2.26. The Labute approximate surface area is 152 Å². The summed E-state index contributed by atoms with van der Waals surface area (Å²) in [7, 11) is 1.62. The molecule has 1 amide bonds. The first-order valence-corrected chi connectivity index (χ1v) is 9.74. The number of carbonyl (C=O) groups is 1. The molecule has 1 heterocycles. The molecule has 7 nitrogen and oxygen atoms in total. The van der Waals surface area contributed by atoms with Crippen LogP contribution in [0.4, 0.5) is 0 Å². The minimum Gasteiger partial charge on any atom is -0.383 e. The van der Waals surface area contributed by atoms with Gasteiger partial charge in [0.05, 0.1) is 6.61 Å². The lowest BCUT2D eigenvalue weighted by atomic mass is 10.1. The number of guanidine groups is 1. The van der Waals surface area contributed by atoms with Crippen LogP contribution in [0.3, 0.4) is 0 Å². The van der Waals surface area contributed by atoms with Crippen LogP contribution in [0.1, 0.15) is 39.0 Å². The normalized spacial score (nSPS) is 22.3. The molecule has 1 unspecified atom stereocenters. The van der Waals surface area contributed by atoms with Crippen molar-refractivity contribution in [2.75, 3.05) is 53.0 Å². The third-order valence-electron chi connectivity index (χ3n) is 4.96. The highest BCUT2D eigenvalue weighted by atomic mass is 16.5. The number of amides is 1. The molecule has 0 aromatic heterocycles.